The molecule has 0 aliphatic rings. The van der Waals surface area contributed by atoms with Crippen molar-refractivity contribution in [2.24, 2.45) is 0 Å². The molecule has 0 saturated carbocycles. The number of rotatable bonds is 4. The van der Waals surface area contributed by atoms with Gasteiger partial charge in [0.05, 0.1) is 11.3 Å². The number of hydrazine groups is 1. The molecule has 0 spiro atoms. The van der Waals surface area contributed by atoms with E-state index in [4.69, 9.17) is 20.8 Å². The fourth-order valence-electron chi connectivity index (χ4n) is 2.00. The quantitative estimate of drug-likeness (QED) is 0.522. The SMILES string of the molecule is O=C(COC(=O)c1sc2cc(F)ccc2c1Cl)NNC(=O)c1ccco1. The van der Waals surface area contributed by atoms with Crippen LogP contribution in [0.3, 0.4) is 0 Å². The zero-order valence-electron chi connectivity index (χ0n) is 12.9. The van der Waals surface area contributed by atoms with Gasteiger partial charge in [-0.3, -0.25) is 20.4 Å². The molecule has 0 unspecified atom stereocenters. The third kappa shape index (κ3) is 3.84. The Morgan fingerprint density at radius 3 is 2.77 bits per heavy atom. The van der Waals surface area contributed by atoms with Crippen molar-refractivity contribution in [2.45, 2.75) is 0 Å². The number of carbonyl (C=O) groups excluding carboxylic acids is 3. The lowest BCUT2D eigenvalue weighted by atomic mass is 10.2. The first-order valence-corrected chi connectivity index (χ1v) is 8.32. The van der Waals surface area contributed by atoms with Crippen molar-refractivity contribution in [3.63, 3.8) is 0 Å². The minimum atomic E-state index is -0.830. The van der Waals surface area contributed by atoms with Crippen molar-refractivity contribution in [2.75, 3.05) is 6.61 Å². The number of furan rings is 1. The molecule has 2 aromatic heterocycles. The van der Waals surface area contributed by atoms with Crippen LogP contribution in [0.15, 0.2) is 41.0 Å². The molecular formula is C16H10ClFN2O5S. The smallest absolute Gasteiger partial charge is 0.350 e. The Balaban J connectivity index is 1.56. The zero-order chi connectivity index (χ0) is 18.7. The minimum absolute atomic E-state index is 0.00610. The van der Waals surface area contributed by atoms with Crippen LogP contribution in [-0.4, -0.2) is 24.4 Å². The van der Waals surface area contributed by atoms with E-state index in [0.717, 1.165) is 11.3 Å². The van der Waals surface area contributed by atoms with Gasteiger partial charge in [0.15, 0.2) is 12.4 Å². The summed E-state index contributed by atoms with van der Waals surface area (Å²) in [4.78, 5) is 35.3. The number of amides is 2. The largest absolute Gasteiger partial charge is 0.459 e. The van der Waals surface area contributed by atoms with E-state index in [1.165, 1.54) is 36.6 Å². The first-order valence-electron chi connectivity index (χ1n) is 7.13. The zero-order valence-corrected chi connectivity index (χ0v) is 14.4. The van der Waals surface area contributed by atoms with Gasteiger partial charge < -0.3 is 9.15 Å². The van der Waals surface area contributed by atoms with Gasteiger partial charge in [0.2, 0.25) is 0 Å². The minimum Gasteiger partial charge on any atom is -0.459 e. The Hall–Kier alpha value is -2.91. The van der Waals surface area contributed by atoms with Crippen LogP contribution < -0.4 is 10.9 Å². The van der Waals surface area contributed by atoms with Gasteiger partial charge in [-0.05, 0) is 30.3 Å². The van der Waals surface area contributed by atoms with Crippen LogP contribution in [0.25, 0.3) is 10.1 Å². The van der Waals surface area contributed by atoms with E-state index >= 15 is 0 Å². The first kappa shape index (κ1) is 17.9. The van der Waals surface area contributed by atoms with Gasteiger partial charge in [-0.15, -0.1) is 11.3 Å². The Kier molecular flexibility index (Phi) is 5.19. The number of esters is 1. The van der Waals surface area contributed by atoms with E-state index in [0.29, 0.717) is 10.1 Å². The monoisotopic (exact) mass is 396 g/mol. The van der Waals surface area contributed by atoms with E-state index < -0.39 is 30.2 Å². The maximum absolute atomic E-state index is 13.2. The number of fused-ring (bicyclic) bond motifs is 1. The Bertz CT molecular complexity index is 986. The molecule has 0 atom stereocenters. The third-order valence-corrected chi connectivity index (χ3v) is 4.81. The van der Waals surface area contributed by atoms with Gasteiger partial charge >= 0.3 is 11.9 Å². The number of halogens is 2. The van der Waals surface area contributed by atoms with Gasteiger partial charge in [-0.2, -0.15) is 0 Å². The van der Waals surface area contributed by atoms with Crippen molar-refractivity contribution in [1.82, 2.24) is 10.9 Å². The molecule has 134 valence electrons. The molecule has 3 rings (SSSR count). The third-order valence-electron chi connectivity index (χ3n) is 3.17. The molecule has 0 bridgehead atoms. The summed E-state index contributed by atoms with van der Waals surface area (Å²) in [6.07, 6.45) is 1.30. The topological polar surface area (TPSA) is 97.6 Å². The fourth-order valence-corrected chi connectivity index (χ4v) is 3.43. The van der Waals surface area contributed by atoms with E-state index in [9.17, 15) is 18.8 Å². The Morgan fingerprint density at radius 2 is 2.04 bits per heavy atom. The molecule has 7 nitrogen and oxygen atoms in total. The van der Waals surface area contributed by atoms with Crippen LogP contribution in [-0.2, 0) is 9.53 Å². The average Bonchev–Trinajstić information content (AvgIpc) is 3.26. The number of carbonyl (C=O) groups is 3. The number of thiophene rings is 1. The molecule has 0 saturated heterocycles. The molecule has 2 heterocycles. The average molecular weight is 397 g/mol. The Morgan fingerprint density at radius 1 is 1.23 bits per heavy atom. The highest BCUT2D eigenvalue weighted by Crippen LogP contribution is 2.36. The van der Waals surface area contributed by atoms with Crippen LogP contribution in [0.5, 0.6) is 0 Å². The molecule has 0 fully saturated rings. The van der Waals surface area contributed by atoms with Gasteiger partial charge in [0.25, 0.3) is 5.91 Å². The number of hydrogen-bond donors (Lipinski definition) is 2. The van der Waals surface area contributed by atoms with E-state index in [-0.39, 0.29) is 15.7 Å². The molecule has 0 radical (unpaired) electrons. The molecule has 0 aliphatic carbocycles. The normalized spacial score (nSPS) is 10.5. The number of hydrogen-bond acceptors (Lipinski definition) is 6. The van der Waals surface area contributed by atoms with Crippen molar-refractivity contribution >= 4 is 50.8 Å². The van der Waals surface area contributed by atoms with Crippen molar-refractivity contribution in [3.05, 3.63) is 58.1 Å². The molecule has 0 aliphatic heterocycles. The van der Waals surface area contributed by atoms with E-state index in [1.807, 2.05) is 0 Å². The predicted molar refractivity (Wildman–Crippen MR) is 91.4 cm³/mol. The van der Waals surface area contributed by atoms with Gasteiger partial charge in [0, 0.05) is 10.1 Å². The van der Waals surface area contributed by atoms with E-state index in [2.05, 4.69) is 10.9 Å². The maximum Gasteiger partial charge on any atom is 0.350 e. The highest BCUT2D eigenvalue weighted by molar-refractivity contribution is 7.21. The molecular weight excluding hydrogens is 387 g/mol. The number of nitrogens with one attached hydrogen (secondary N) is 2. The Labute approximate surface area is 154 Å². The summed E-state index contributed by atoms with van der Waals surface area (Å²) < 4.78 is 23.4. The second kappa shape index (κ2) is 7.54. The lowest BCUT2D eigenvalue weighted by Crippen LogP contribution is -2.43. The fraction of sp³-hybridized carbons (Fsp3) is 0.0625. The van der Waals surface area contributed by atoms with Crippen LogP contribution in [0.2, 0.25) is 5.02 Å². The van der Waals surface area contributed by atoms with E-state index in [1.54, 1.807) is 0 Å². The predicted octanol–water partition coefficient (Wildman–Crippen LogP) is 2.90. The molecule has 26 heavy (non-hydrogen) atoms. The highest BCUT2D eigenvalue weighted by atomic mass is 35.5. The number of benzene rings is 1. The standard InChI is InChI=1S/C16H10ClFN2O5S/c17-13-9-4-3-8(18)6-11(9)26-14(13)16(23)25-7-12(21)19-20-15(22)10-2-1-5-24-10/h1-6H,7H2,(H,19,21)(H,20,22). The summed E-state index contributed by atoms with van der Waals surface area (Å²) in [6.45, 7) is -0.643. The molecule has 1 aromatic carbocycles. The second-order valence-electron chi connectivity index (χ2n) is 4.94. The molecule has 10 heteroatoms. The molecule has 3 aromatic rings. The highest BCUT2D eigenvalue weighted by Gasteiger charge is 2.20. The van der Waals surface area contributed by atoms with Crippen LogP contribution >= 0.6 is 22.9 Å². The molecule has 2 amide bonds. The van der Waals surface area contributed by atoms with Gasteiger partial charge in [-0.25, -0.2) is 9.18 Å². The van der Waals surface area contributed by atoms with Crippen LogP contribution in [0, 0.1) is 5.82 Å². The maximum atomic E-state index is 13.2. The summed E-state index contributed by atoms with van der Waals surface area (Å²) in [5, 5.41) is 0.640. The summed E-state index contributed by atoms with van der Waals surface area (Å²) in [5.41, 5.74) is 4.17. The van der Waals surface area contributed by atoms with Crippen LogP contribution in [0.4, 0.5) is 4.39 Å². The van der Waals surface area contributed by atoms with Crippen molar-refractivity contribution in [1.29, 1.82) is 0 Å². The first-order chi connectivity index (χ1) is 12.5. The van der Waals surface area contributed by atoms with Crippen LogP contribution in [0.1, 0.15) is 20.2 Å². The number of ether oxygens (including phenoxy) is 1. The molecule has 2 N–H and O–H groups in total. The van der Waals surface area contributed by atoms with Gasteiger partial charge in [-0.1, -0.05) is 11.6 Å². The second-order valence-corrected chi connectivity index (χ2v) is 6.37. The summed E-state index contributed by atoms with van der Waals surface area (Å²) in [5.74, 6) is -2.71. The van der Waals surface area contributed by atoms with Gasteiger partial charge in [0.1, 0.15) is 10.7 Å². The van der Waals surface area contributed by atoms with Crippen molar-refractivity contribution < 1.29 is 27.9 Å². The lowest BCUT2D eigenvalue weighted by molar-refractivity contribution is -0.125. The summed E-state index contributed by atoms with van der Waals surface area (Å²) in [6, 6.07) is 6.86. The summed E-state index contributed by atoms with van der Waals surface area (Å²) >= 11 is 7.05. The summed E-state index contributed by atoms with van der Waals surface area (Å²) in [7, 11) is 0. The van der Waals surface area contributed by atoms with Crippen molar-refractivity contribution in [3.8, 4) is 0 Å². The lowest BCUT2D eigenvalue weighted by Gasteiger charge is -2.06.